The fourth-order valence-electron chi connectivity index (χ4n) is 5.01. The van der Waals surface area contributed by atoms with E-state index in [1.54, 1.807) is 0 Å². The minimum atomic E-state index is -5.83. The minimum absolute atomic E-state index is 0.362. The molecule has 2 atom stereocenters. The molecular weight excluding hydrogens is 607 g/mol. The number of rotatable bonds is 15. The van der Waals surface area contributed by atoms with Crippen molar-refractivity contribution >= 4 is 0 Å². The summed E-state index contributed by atoms with van der Waals surface area (Å²) in [6.45, 7) is 12.1. The van der Waals surface area contributed by atoms with Crippen molar-refractivity contribution in [2.75, 3.05) is 13.1 Å². The van der Waals surface area contributed by atoms with Crippen molar-refractivity contribution in [2.24, 2.45) is 11.8 Å². The number of hydrogen-bond acceptors (Lipinski definition) is 1. The van der Waals surface area contributed by atoms with Crippen LogP contribution in [0.2, 0.25) is 0 Å². The molecule has 12 heteroatoms. The highest BCUT2D eigenvalue weighted by Gasteiger charge is 2.43. The van der Waals surface area contributed by atoms with Crippen LogP contribution in [0.3, 0.4) is 0 Å². The van der Waals surface area contributed by atoms with Crippen LogP contribution >= 0.6 is 0 Å². The van der Waals surface area contributed by atoms with E-state index < -0.39 is 75.0 Å². The molecule has 2 unspecified atom stereocenters. The zero-order chi connectivity index (χ0) is 33.8. The Kier molecular flexibility index (Phi) is 16.7. The third-order valence-electron chi connectivity index (χ3n) is 7.85. The van der Waals surface area contributed by atoms with E-state index in [0.717, 1.165) is 11.8 Å². The molecule has 0 aliphatic rings. The van der Waals surface area contributed by atoms with Crippen molar-refractivity contribution in [1.82, 2.24) is 5.32 Å². The topological polar surface area (TPSA) is 12.0 Å². The fourth-order valence-corrected chi connectivity index (χ4v) is 5.01. The average Bonchev–Trinajstić information content (AvgIpc) is 2.99. The summed E-state index contributed by atoms with van der Waals surface area (Å²) in [4.78, 5) is 0. The Balaban J connectivity index is 0.000000459. The molecule has 44 heavy (non-hydrogen) atoms. The Bertz CT molecular complexity index is 1150. The van der Waals surface area contributed by atoms with Crippen LogP contribution < -0.4 is 5.32 Å². The summed E-state index contributed by atoms with van der Waals surface area (Å²) in [5.74, 6) is -19.3. The van der Waals surface area contributed by atoms with Crippen LogP contribution in [0.15, 0.2) is 0 Å². The highest BCUT2D eigenvalue weighted by Crippen LogP contribution is 2.45. The van der Waals surface area contributed by atoms with Crippen molar-refractivity contribution in [2.45, 2.75) is 105 Å². The van der Waals surface area contributed by atoms with Gasteiger partial charge in [-0.2, -0.15) is 13.2 Å². The normalized spacial score (nSPS) is 13.1. The standard InChI is InChI=1S/C18H39N.C14H3F11/c1-5-9-11-17(7-3)13-15-19-16-14-18(8-4)12-10-6-2;1-2-3(4-7(16)11(20)13(22)12(21)8(4)17)5(14(23,24)25)9(18)10(19)6(2)15/h17-19H,5-16H2,1-4H3;1H3. The summed E-state index contributed by atoms with van der Waals surface area (Å²) in [6, 6.07) is 0. The van der Waals surface area contributed by atoms with Crippen LogP contribution in [0.1, 0.15) is 103 Å². The van der Waals surface area contributed by atoms with E-state index in [1.165, 1.54) is 77.3 Å². The van der Waals surface area contributed by atoms with Crippen molar-refractivity contribution < 1.29 is 48.3 Å². The molecule has 0 radical (unpaired) electrons. The third-order valence-corrected chi connectivity index (χ3v) is 7.85. The number of unbranched alkanes of at least 4 members (excludes halogenated alkanes) is 2. The van der Waals surface area contributed by atoms with Crippen LogP contribution in [-0.4, -0.2) is 13.1 Å². The van der Waals surface area contributed by atoms with E-state index in [9.17, 15) is 48.3 Å². The Morgan fingerprint density at radius 2 is 0.909 bits per heavy atom. The van der Waals surface area contributed by atoms with Gasteiger partial charge in [-0.15, -0.1) is 0 Å². The van der Waals surface area contributed by atoms with Gasteiger partial charge in [-0.05, 0) is 50.3 Å². The average molecular weight is 650 g/mol. The van der Waals surface area contributed by atoms with Crippen molar-refractivity contribution in [1.29, 1.82) is 0 Å². The van der Waals surface area contributed by atoms with Gasteiger partial charge in [-0.1, -0.05) is 79.1 Å². The summed E-state index contributed by atoms with van der Waals surface area (Å²) in [5.41, 5.74) is -8.45. The maximum absolute atomic E-state index is 13.8. The number of alkyl halides is 3. The lowest BCUT2D eigenvalue weighted by Gasteiger charge is -2.19. The molecule has 2 aromatic rings. The molecule has 0 heterocycles. The zero-order valence-electron chi connectivity index (χ0n) is 25.8. The minimum Gasteiger partial charge on any atom is -0.317 e. The lowest BCUT2D eigenvalue weighted by Crippen LogP contribution is -2.21. The van der Waals surface area contributed by atoms with Gasteiger partial charge < -0.3 is 5.32 Å². The van der Waals surface area contributed by atoms with Crippen LogP contribution in [0.4, 0.5) is 48.3 Å². The SMILES string of the molecule is CCCCC(CC)CCNCCC(CC)CCCC.Cc1c(F)c(F)c(F)c(C(F)(F)F)c1-c1c(F)c(F)c(F)c(F)c1F. The number of nitrogens with one attached hydrogen (secondary N) is 1. The van der Waals surface area contributed by atoms with E-state index in [1.807, 2.05) is 0 Å². The Morgan fingerprint density at radius 3 is 1.27 bits per heavy atom. The molecule has 2 rings (SSSR count). The van der Waals surface area contributed by atoms with E-state index in [0.29, 0.717) is 6.92 Å². The van der Waals surface area contributed by atoms with Gasteiger partial charge in [0.05, 0.1) is 5.56 Å². The lowest BCUT2D eigenvalue weighted by molar-refractivity contribution is -0.139. The zero-order valence-corrected chi connectivity index (χ0v) is 25.8. The van der Waals surface area contributed by atoms with Crippen molar-refractivity contribution in [3.8, 4) is 11.1 Å². The number of hydrogen-bond donors (Lipinski definition) is 1. The Hall–Kier alpha value is -2.37. The number of halogens is 11. The molecular formula is C32H42F11N. The second kappa shape index (κ2) is 18.6. The molecule has 0 saturated heterocycles. The molecule has 252 valence electrons. The first-order valence-corrected chi connectivity index (χ1v) is 15.1. The lowest BCUT2D eigenvalue weighted by atomic mass is 9.92. The molecule has 0 aliphatic heterocycles. The molecule has 1 N–H and O–H groups in total. The molecule has 0 saturated carbocycles. The maximum atomic E-state index is 13.8. The quantitative estimate of drug-likeness (QED) is 0.0876. The van der Waals surface area contributed by atoms with E-state index >= 15 is 0 Å². The van der Waals surface area contributed by atoms with Crippen LogP contribution in [-0.2, 0) is 6.18 Å². The largest absolute Gasteiger partial charge is 0.419 e. The summed E-state index contributed by atoms with van der Waals surface area (Å²) in [6.07, 6.45) is 8.01. The second-order valence-corrected chi connectivity index (χ2v) is 10.9. The van der Waals surface area contributed by atoms with E-state index in [4.69, 9.17) is 0 Å². The van der Waals surface area contributed by atoms with Crippen LogP contribution in [0.5, 0.6) is 0 Å². The fraction of sp³-hybridized carbons (Fsp3) is 0.625. The molecule has 0 bridgehead atoms. The third kappa shape index (κ3) is 10.3. The van der Waals surface area contributed by atoms with Crippen LogP contribution in [0, 0.1) is 65.3 Å². The predicted octanol–water partition coefficient (Wildman–Crippen LogP) is 11.6. The van der Waals surface area contributed by atoms with Crippen molar-refractivity contribution in [3.63, 3.8) is 0 Å². The first-order chi connectivity index (χ1) is 20.6. The Morgan fingerprint density at radius 1 is 0.523 bits per heavy atom. The summed E-state index contributed by atoms with van der Waals surface area (Å²) in [7, 11) is 0. The van der Waals surface area contributed by atoms with Gasteiger partial charge in [0.1, 0.15) is 5.56 Å². The summed E-state index contributed by atoms with van der Waals surface area (Å²) >= 11 is 0. The van der Waals surface area contributed by atoms with E-state index in [-0.39, 0.29) is 0 Å². The number of benzene rings is 2. The van der Waals surface area contributed by atoms with Gasteiger partial charge in [0, 0.05) is 5.56 Å². The highest BCUT2D eigenvalue weighted by molar-refractivity contribution is 5.73. The van der Waals surface area contributed by atoms with Gasteiger partial charge >= 0.3 is 6.18 Å². The molecule has 1 nitrogen and oxygen atoms in total. The van der Waals surface area contributed by atoms with Gasteiger partial charge in [-0.25, -0.2) is 35.1 Å². The van der Waals surface area contributed by atoms with Gasteiger partial charge in [0.2, 0.25) is 5.82 Å². The monoisotopic (exact) mass is 649 g/mol. The van der Waals surface area contributed by atoms with Gasteiger partial charge in [0.15, 0.2) is 40.7 Å². The van der Waals surface area contributed by atoms with Gasteiger partial charge in [0.25, 0.3) is 0 Å². The molecule has 2 aromatic carbocycles. The summed E-state index contributed by atoms with van der Waals surface area (Å²) in [5, 5.41) is 3.67. The summed E-state index contributed by atoms with van der Waals surface area (Å²) < 4.78 is 146. The van der Waals surface area contributed by atoms with E-state index in [2.05, 4.69) is 33.0 Å². The predicted molar refractivity (Wildman–Crippen MR) is 150 cm³/mol. The smallest absolute Gasteiger partial charge is 0.317 e. The second-order valence-electron chi connectivity index (χ2n) is 10.9. The molecule has 0 fully saturated rings. The van der Waals surface area contributed by atoms with Crippen LogP contribution in [0.25, 0.3) is 11.1 Å². The Labute approximate surface area is 252 Å². The molecule has 0 aromatic heterocycles. The first kappa shape index (κ1) is 39.7. The molecule has 0 spiro atoms. The van der Waals surface area contributed by atoms with Gasteiger partial charge in [-0.3, -0.25) is 0 Å². The molecule has 0 aliphatic carbocycles. The van der Waals surface area contributed by atoms with Crippen molar-refractivity contribution in [3.05, 3.63) is 57.7 Å². The highest BCUT2D eigenvalue weighted by atomic mass is 19.4. The molecule has 0 amide bonds. The maximum Gasteiger partial charge on any atom is 0.419 e. The first-order valence-electron chi connectivity index (χ1n) is 15.1.